The minimum Gasteiger partial charge on any atom is -0.495 e. The summed E-state index contributed by atoms with van der Waals surface area (Å²) in [6.07, 6.45) is 1.49. The van der Waals surface area contributed by atoms with Crippen LogP contribution in [0.3, 0.4) is 0 Å². The van der Waals surface area contributed by atoms with Gasteiger partial charge in [0.2, 0.25) is 0 Å². The Kier molecular flexibility index (Phi) is 3.84. The Labute approximate surface area is 123 Å². The zero-order valence-corrected chi connectivity index (χ0v) is 11.9. The summed E-state index contributed by atoms with van der Waals surface area (Å²) >= 11 is 0. The van der Waals surface area contributed by atoms with Crippen LogP contribution in [-0.4, -0.2) is 17.2 Å². The predicted molar refractivity (Wildman–Crippen MR) is 83.4 cm³/mol. The second-order valence-corrected chi connectivity index (χ2v) is 4.95. The molecule has 0 aliphatic carbocycles. The Bertz CT molecular complexity index is 750. The van der Waals surface area contributed by atoms with Gasteiger partial charge in [0.15, 0.2) is 0 Å². The van der Waals surface area contributed by atoms with Crippen LogP contribution in [0.5, 0.6) is 5.75 Å². The molecule has 1 unspecified atom stereocenters. The van der Waals surface area contributed by atoms with E-state index in [1.54, 1.807) is 19.4 Å². The minimum absolute atomic E-state index is 0.509. The maximum atomic E-state index is 10.5. The highest BCUT2D eigenvalue weighted by atomic mass is 16.5. The highest BCUT2D eigenvalue weighted by Crippen LogP contribution is 2.28. The third kappa shape index (κ3) is 2.73. The van der Waals surface area contributed by atoms with E-state index in [2.05, 4.69) is 23.2 Å². The van der Waals surface area contributed by atoms with Crippen molar-refractivity contribution in [1.82, 2.24) is 4.98 Å². The SMILES string of the molecule is COc1cccnc1C(O)Cc1cccc2ccccc12. The van der Waals surface area contributed by atoms with E-state index in [0.717, 1.165) is 10.9 Å². The Balaban J connectivity index is 1.95. The third-order valence-corrected chi connectivity index (χ3v) is 3.63. The Morgan fingerprint density at radius 1 is 1.05 bits per heavy atom. The van der Waals surface area contributed by atoms with E-state index < -0.39 is 6.10 Å². The molecular formula is C18H17NO2. The van der Waals surface area contributed by atoms with Crippen molar-refractivity contribution in [2.24, 2.45) is 0 Å². The first kappa shape index (κ1) is 13.6. The second kappa shape index (κ2) is 5.94. The van der Waals surface area contributed by atoms with Gasteiger partial charge >= 0.3 is 0 Å². The van der Waals surface area contributed by atoms with E-state index in [-0.39, 0.29) is 0 Å². The number of hydrogen-bond donors (Lipinski definition) is 1. The smallest absolute Gasteiger partial charge is 0.143 e. The van der Waals surface area contributed by atoms with Crippen molar-refractivity contribution < 1.29 is 9.84 Å². The standard InChI is InChI=1S/C18H17NO2/c1-21-17-10-5-11-19-18(17)16(20)12-14-8-4-7-13-6-2-3-9-15(13)14/h2-11,16,20H,12H2,1H3. The zero-order chi connectivity index (χ0) is 14.7. The van der Waals surface area contributed by atoms with Gasteiger partial charge in [-0.25, -0.2) is 0 Å². The molecule has 106 valence electrons. The van der Waals surface area contributed by atoms with Crippen LogP contribution in [0.25, 0.3) is 10.8 Å². The van der Waals surface area contributed by atoms with Crippen LogP contribution >= 0.6 is 0 Å². The summed E-state index contributed by atoms with van der Waals surface area (Å²) in [7, 11) is 1.59. The molecule has 1 N–H and O–H groups in total. The summed E-state index contributed by atoms with van der Waals surface area (Å²) in [5, 5.41) is 12.8. The molecule has 2 aromatic carbocycles. The molecule has 3 nitrogen and oxygen atoms in total. The van der Waals surface area contributed by atoms with Gasteiger partial charge in [0.1, 0.15) is 17.5 Å². The Morgan fingerprint density at radius 2 is 1.86 bits per heavy atom. The van der Waals surface area contributed by atoms with Crippen LogP contribution in [0, 0.1) is 0 Å². The molecular weight excluding hydrogens is 262 g/mol. The van der Waals surface area contributed by atoms with Crippen LogP contribution < -0.4 is 4.74 Å². The van der Waals surface area contributed by atoms with Crippen LogP contribution in [0.4, 0.5) is 0 Å². The van der Waals surface area contributed by atoms with Crippen molar-refractivity contribution in [2.75, 3.05) is 7.11 Å². The van der Waals surface area contributed by atoms with Gasteiger partial charge in [-0.15, -0.1) is 0 Å². The summed E-state index contributed by atoms with van der Waals surface area (Å²) < 4.78 is 5.27. The molecule has 3 heteroatoms. The van der Waals surface area contributed by atoms with Gasteiger partial charge in [0, 0.05) is 12.6 Å². The number of pyridine rings is 1. The lowest BCUT2D eigenvalue weighted by atomic mass is 9.98. The molecule has 0 spiro atoms. The third-order valence-electron chi connectivity index (χ3n) is 3.63. The molecule has 0 aliphatic heterocycles. The molecule has 0 aliphatic rings. The van der Waals surface area contributed by atoms with E-state index >= 15 is 0 Å². The highest BCUT2D eigenvalue weighted by Gasteiger charge is 2.16. The van der Waals surface area contributed by atoms with Crippen molar-refractivity contribution >= 4 is 10.8 Å². The van der Waals surface area contributed by atoms with Crippen LogP contribution in [0.1, 0.15) is 17.4 Å². The van der Waals surface area contributed by atoms with E-state index in [1.165, 1.54) is 5.39 Å². The number of aliphatic hydroxyl groups is 1. The van der Waals surface area contributed by atoms with Gasteiger partial charge in [-0.3, -0.25) is 4.98 Å². The summed E-state index contributed by atoms with van der Waals surface area (Å²) in [6, 6.07) is 17.9. The first-order valence-electron chi connectivity index (χ1n) is 6.93. The molecule has 1 heterocycles. The average Bonchev–Trinajstić information content (AvgIpc) is 2.55. The maximum Gasteiger partial charge on any atom is 0.143 e. The lowest BCUT2D eigenvalue weighted by Crippen LogP contribution is -2.06. The predicted octanol–water partition coefficient (Wildman–Crippen LogP) is 3.52. The monoisotopic (exact) mass is 279 g/mol. The van der Waals surface area contributed by atoms with E-state index in [9.17, 15) is 5.11 Å². The summed E-state index contributed by atoms with van der Waals surface area (Å²) in [5.41, 5.74) is 1.68. The Morgan fingerprint density at radius 3 is 2.71 bits per heavy atom. The highest BCUT2D eigenvalue weighted by molar-refractivity contribution is 5.85. The Hall–Kier alpha value is -2.39. The van der Waals surface area contributed by atoms with Crippen molar-refractivity contribution in [3.05, 3.63) is 72.1 Å². The lowest BCUT2D eigenvalue weighted by Gasteiger charge is -2.14. The number of ether oxygens (including phenoxy) is 1. The number of aliphatic hydroxyl groups excluding tert-OH is 1. The number of hydrogen-bond acceptors (Lipinski definition) is 3. The zero-order valence-electron chi connectivity index (χ0n) is 11.9. The van der Waals surface area contributed by atoms with Crippen molar-refractivity contribution in [1.29, 1.82) is 0 Å². The summed E-state index contributed by atoms with van der Waals surface area (Å²) in [4.78, 5) is 4.25. The van der Waals surface area contributed by atoms with Crippen LogP contribution in [0.2, 0.25) is 0 Å². The minimum atomic E-state index is -0.688. The molecule has 0 fully saturated rings. The van der Waals surface area contributed by atoms with Gasteiger partial charge in [-0.2, -0.15) is 0 Å². The maximum absolute atomic E-state index is 10.5. The largest absolute Gasteiger partial charge is 0.495 e. The topological polar surface area (TPSA) is 42.4 Å². The van der Waals surface area contributed by atoms with Gasteiger partial charge < -0.3 is 9.84 Å². The molecule has 0 radical (unpaired) electrons. The molecule has 21 heavy (non-hydrogen) atoms. The van der Waals surface area contributed by atoms with Gasteiger partial charge in [0.25, 0.3) is 0 Å². The number of nitrogens with zero attached hydrogens (tertiary/aromatic N) is 1. The molecule has 3 aromatic rings. The number of rotatable bonds is 4. The van der Waals surface area contributed by atoms with Crippen molar-refractivity contribution in [3.63, 3.8) is 0 Å². The second-order valence-electron chi connectivity index (χ2n) is 4.95. The number of benzene rings is 2. The summed E-state index contributed by atoms with van der Waals surface area (Å²) in [6.45, 7) is 0. The molecule has 0 saturated carbocycles. The van der Waals surface area contributed by atoms with E-state index in [0.29, 0.717) is 17.9 Å². The fourth-order valence-electron chi connectivity index (χ4n) is 2.60. The van der Waals surface area contributed by atoms with Crippen LogP contribution in [-0.2, 0) is 6.42 Å². The first-order valence-corrected chi connectivity index (χ1v) is 6.93. The van der Waals surface area contributed by atoms with Crippen molar-refractivity contribution in [2.45, 2.75) is 12.5 Å². The summed E-state index contributed by atoms with van der Waals surface area (Å²) in [5.74, 6) is 0.616. The van der Waals surface area contributed by atoms with E-state index in [1.807, 2.05) is 30.3 Å². The van der Waals surface area contributed by atoms with Crippen LogP contribution in [0.15, 0.2) is 60.8 Å². The molecule has 0 bridgehead atoms. The van der Waals surface area contributed by atoms with Crippen molar-refractivity contribution in [3.8, 4) is 5.75 Å². The van der Waals surface area contributed by atoms with Gasteiger partial charge in [0.05, 0.1) is 7.11 Å². The molecule has 0 amide bonds. The fourth-order valence-corrected chi connectivity index (χ4v) is 2.60. The number of fused-ring (bicyclic) bond motifs is 1. The lowest BCUT2D eigenvalue weighted by molar-refractivity contribution is 0.169. The quantitative estimate of drug-likeness (QED) is 0.794. The molecule has 0 saturated heterocycles. The van der Waals surface area contributed by atoms with Gasteiger partial charge in [-0.05, 0) is 28.5 Å². The normalized spacial score (nSPS) is 12.3. The molecule has 1 aromatic heterocycles. The van der Waals surface area contributed by atoms with E-state index in [4.69, 9.17) is 4.74 Å². The number of methoxy groups -OCH3 is 1. The first-order chi connectivity index (χ1) is 10.3. The van der Waals surface area contributed by atoms with Gasteiger partial charge in [-0.1, -0.05) is 42.5 Å². The fraction of sp³-hybridized carbons (Fsp3) is 0.167. The molecule has 3 rings (SSSR count). The average molecular weight is 279 g/mol. The molecule has 1 atom stereocenters. The number of aromatic nitrogens is 1.